The number of nitrogens with zero attached hydrogens (tertiary/aromatic N) is 2. The van der Waals surface area contributed by atoms with Crippen molar-refractivity contribution < 1.29 is 0 Å². The first-order valence-corrected chi connectivity index (χ1v) is 6.89. The van der Waals surface area contributed by atoms with E-state index in [1.54, 1.807) is 0 Å². The molecule has 1 aliphatic carbocycles. The van der Waals surface area contributed by atoms with Crippen molar-refractivity contribution in [3.05, 3.63) is 0 Å². The van der Waals surface area contributed by atoms with Crippen molar-refractivity contribution in [1.82, 2.24) is 9.80 Å². The SMILES string of the molecule is CC(C)CC1(CN2CC[C@H](N(C)C)C2)CC1. The molecule has 2 rings (SSSR count). The molecule has 1 saturated carbocycles. The van der Waals surface area contributed by atoms with Crippen molar-refractivity contribution in [2.24, 2.45) is 11.3 Å². The summed E-state index contributed by atoms with van der Waals surface area (Å²) in [6.07, 6.45) is 5.77. The smallest absolute Gasteiger partial charge is 0.0229 e. The van der Waals surface area contributed by atoms with Crippen LogP contribution in [-0.2, 0) is 0 Å². The first-order valence-electron chi connectivity index (χ1n) is 6.89. The van der Waals surface area contributed by atoms with Crippen LogP contribution in [-0.4, -0.2) is 49.6 Å². The van der Waals surface area contributed by atoms with E-state index in [2.05, 4.69) is 37.7 Å². The van der Waals surface area contributed by atoms with Gasteiger partial charge in [-0.1, -0.05) is 13.8 Å². The maximum atomic E-state index is 2.71. The number of rotatable bonds is 5. The Bertz CT molecular complexity index is 231. The highest BCUT2D eigenvalue weighted by molar-refractivity contribution is 4.97. The van der Waals surface area contributed by atoms with Crippen LogP contribution in [0.4, 0.5) is 0 Å². The van der Waals surface area contributed by atoms with Gasteiger partial charge in [0.1, 0.15) is 0 Å². The number of likely N-dealkylation sites (N-methyl/N-ethyl adjacent to an activating group) is 1. The highest BCUT2D eigenvalue weighted by Crippen LogP contribution is 2.51. The van der Waals surface area contributed by atoms with E-state index < -0.39 is 0 Å². The van der Waals surface area contributed by atoms with Crippen LogP contribution in [0.15, 0.2) is 0 Å². The minimum Gasteiger partial charge on any atom is -0.305 e. The Hall–Kier alpha value is -0.0800. The zero-order valence-corrected chi connectivity index (χ0v) is 11.5. The van der Waals surface area contributed by atoms with E-state index >= 15 is 0 Å². The highest BCUT2D eigenvalue weighted by atomic mass is 15.2. The summed E-state index contributed by atoms with van der Waals surface area (Å²) in [6, 6.07) is 0.801. The van der Waals surface area contributed by atoms with Gasteiger partial charge >= 0.3 is 0 Å². The molecule has 0 bridgehead atoms. The first-order chi connectivity index (χ1) is 7.51. The van der Waals surface area contributed by atoms with Gasteiger partial charge in [-0.05, 0) is 57.7 Å². The van der Waals surface area contributed by atoms with Gasteiger partial charge in [0.25, 0.3) is 0 Å². The quantitative estimate of drug-likeness (QED) is 0.708. The molecule has 0 aromatic heterocycles. The average Bonchev–Trinajstić information content (AvgIpc) is 2.75. The molecule has 0 radical (unpaired) electrons. The Balaban J connectivity index is 1.79. The number of hydrogen-bond acceptors (Lipinski definition) is 2. The summed E-state index contributed by atoms with van der Waals surface area (Å²) in [5.74, 6) is 0.870. The third kappa shape index (κ3) is 2.98. The molecule has 0 unspecified atom stereocenters. The summed E-state index contributed by atoms with van der Waals surface area (Å²) in [4.78, 5) is 5.10. The lowest BCUT2D eigenvalue weighted by Gasteiger charge is -2.25. The van der Waals surface area contributed by atoms with Crippen molar-refractivity contribution >= 4 is 0 Å². The van der Waals surface area contributed by atoms with E-state index in [4.69, 9.17) is 0 Å². The largest absolute Gasteiger partial charge is 0.305 e. The number of hydrogen-bond donors (Lipinski definition) is 0. The van der Waals surface area contributed by atoms with Gasteiger partial charge in [0.15, 0.2) is 0 Å². The first kappa shape index (κ1) is 12.4. The number of likely N-dealkylation sites (tertiary alicyclic amines) is 1. The van der Waals surface area contributed by atoms with E-state index in [1.807, 2.05) is 0 Å². The Morgan fingerprint density at radius 2 is 2.00 bits per heavy atom. The van der Waals surface area contributed by atoms with Gasteiger partial charge in [0, 0.05) is 19.1 Å². The van der Waals surface area contributed by atoms with Gasteiger partial charge < -0.3 is 9.80 Å². The van der Waals surface area contributed by atoms with Crippen LogP contribution in [0.2, 0.25) is 0 Å². The van der Waals surface area contributed by atoms with E-state index in [-0.39, 0.29) is 0 Å². The van der Waals surface area contributed by atoms with E-state index in [1.165, 1.54) is 45.3 Å². The summed E-state index contributed by atoms with van der Waals surface area (Å²) in [6.45, 7) is 8.73. The summed E-state index contributed by atoms with van der Waals surface area (Å²) in [5.41, 5.74) is 0.718. The molecule has 1 saturated heterocycles. The Labute approximate surface area is 101 Å². The predicted octanol–water partition coefficient (Wildman–Crippen LogP) is 2.45. The molecule has 1 heterocycles. The van der Waals surface area contributed by atoms with Crippen LogP contribution in [0, 0.1) is 11.3 Å². The molecule has 2 nitrogen and oxygen atoms in total. The van der Waals surface area contributed by atoms with Crippen molar-refractivity contribution in [3.8, 4) is 0 Å². The van der Waals surface area contributed by atoms with E-state index in [0.29, 0.717) is 0 Å². The minimum absolute atomic E-state index is 0.718. The molecule has 2 aliphatic rings. The molecular formula is C14H28N2. The molecule has 94 valence electrons. The van der Waals surface area contributed by atoms with Gasteiger partial charge in [0.05, 0.1) is 0 Å². The van der Waals surface area contributed by atoms with Crippen LogP contribution in [0.1, 0.15) is 39.5 Å². The van der Waals surface area contributed by atoms with Crippen LogP contribution < -0.4 is 0 Å². The van der Waals surface area contributed by atoms with Crippen molar-refractivity contribution in [3.63, 3.8) is 0 Å². The molecule has 1 atom stereocenters. The molecule has 0 aromatic rings. The van der Waals surface area contributed by atoms with Crippen molar-refractivity contribution in [2.75, 3.05) is 33.7 Å². The molecule has 0 amide bonds. The maximum Gasteiger partial charge on any atom is 0.0229 e. The molecule has 16 heavy (non-hydrogen) atoms. The molecule has 2 fully saturated rings. The lowest BCUT2D eigenvalue weighted by atomic mass is 9.94. The highest BCUT2D eigenvalue weighted by Gasteiger charge is 2.44. The van der Waals surface area contributed by atoms with Gasteiger partial charge in [-0.3, -0.25) is 0 Å². The Morgan fingerprint density at radius 3 is 2.44 bits per heavy atom. The summed E-state index contributed by atoms with van der Waals surface area (Å²) < 4.78 is 0. The molecule has 0 N–H and O–H groups in total. The van der Waals surface area contributed by atoms with Gasteiger partial charge in [-0.2, -0.15) is 0 Å². The lowest BCUT2D eigenvalue weighted by molar-refractivity contribution is 0.216. The van der Waals surface area contributed by atoms with Gasteiger partial charge in [-0.25, -0.2) is 0 Å². The molecular weight excluding hydrogens is 196 g/mol. The fraction of sp³-hybridized carbons (Fsp3) is 1.00. The van der Waals surface area contributed by atoms with Crippen LogP contribution in [0.3, 0.4) is 0 Å². The third-order valence-electron chi connectivity index (χ3n) is 4.34. The normalized spacial score (nSPS) is 29.2. The summed E-state index contributed by atoms with van der Waals surface area (Å²) >= 11 is 0. The second-order valence-corrected chi connectivity index (χ2v) is 6.74. The van der Waals surface area contributed by atoms with E-state index in [9.17, 15) is 0 Å². The standard InChI is InChI=1S/C14H28N2/c1-12(2)9-14(6-7-14)11-16-8-5-13(10-16)15(3)4/h12-13H,5-11H2,1-4H3/t13-/m0/s1. The van der Waals surface area contributed by atoms with Gasteiger partial charge in [-0.15, -0.1) is 0 Å². The monoisotopic (exact) mass is 224 g/mol. The average molecular weight is 224 g/mol. The van der Waals surface area contributed by atoms with Crippen LogP contribution >= 0.6 is 0 Å². The molecule has 1 aliphatic heterocycles. The molecule has 2 heteroatoms. The predicted molar refractivity (Wildman–Crippen MR) is 69.7 cm³/mol. The second kappa shape index (κ2) is 4.66. The fourth-order valence-corrected chi connectivity index (χ4v) is 3.32. The summed E-state index contributed by atoms with van der Waals surface area (Å²) in [5, 5.41) is 0. The van der Waals surface area contributed by atoms with Crippen LogP contribution in [0.5, 0.6) is 0 Å². The fourth-order valence-electron chi connectivity index (χ4n) is 3.32. The zero-order chi connectivity index (χ0) is 11.8. The Morgan fingerprint density at radius 1 is 1.31 bits per heavy atom. The Kier molecular flexibility index (Phi) is 3.60. The topological polar surface area (TPSA) is 6.48 Å². The maximum absolute atomic E-state index is 2.71. The molecule has 0 spiro atoms. The summed E-state index contributed by atoms with van der Waals surface area (Å²) in [7, 11) is 4.43. The van der Waals surface area contributed by atoms with Gasteiger partial charge in [0.2, 0.25) is 0 Å². The molecule has 0 aromatic carbocycles. The second-order valence-electron chi connectivity index (χ2n) is 6.74. The van der Waals surface area contributed by atoms with Crippen molar-refractivity contribution in [2.45, 2.75) is 45.6 Å². The lowest BCUT2D eigenvalue weighted by Crippen LogP contribution is -2.34. The van der Waals surface area contributed by atoms with Crippen LogP contribution in [0.25, 0.3) is 0 Å². The zero-order valence-electron chi connectivity index (χ0n) is 11.5. The van der Waals surface area contributed by atoms with E-state index in [0.717, 1.165) is 17.4 Å². The van der Waals surface area contributed by atoms with Crippen molar-refractivity contribution in [1.29, 1.82) is 0 Å². The third-order valence-corrected chi connectivity index (χ3v) is 4.34. The minimum atomic E-state index is 0.718.